The summed E-state index contributed by atoms with van der Waals surface area (Å²) in [6.07, 6.45) is 3.38. The van der Waals surface area contributed by atoms with Gasteiger partial charge in [0.2, 0.25) is 0 Å². The number of aryl methyl sites for hydroxylation is 1. The number of anilines is 1. The number of nitrogens with one attached hydrogen (secondary N) is 1. The molecule has 0 bridgehead atoms. The zero-order valence-corrected chi connectivity index (χ0v) is 15.2. The number of aromatic nitrogens is 2. The standard InChI is InChI=1S/C17H15N3O3S2/c1-11-16(14-6-4-8-18-10-14)24-17(19-11)20-25(22,23)15-7-3-5-13(9-15)12(2)21/h3-10H,1-2H3,(H,19,20). The smallest absolute Gasteiger partial charge is 0.263 e. The van der Waals surface area contributed by atoms with E-state index in [-0.39, 0.29) is 15.8 Å². The van der Waals surface area contributed by atoms with Gasteiger partial charge in [-0.25, -0.2) is 13.4 Å². The van der Waals surface area contributed by atoms with Crippen LogP contribution in [0.15, 0.2) is 53.7 Å². The maximum absolute atomic E-state index is 12.6. The van der Waals surface area contributed by atoms with Gasteiger partial charge >= 0.3 is 0 Å². The number of carbonyl (C=O) groups is 1. The highest BCUT2D eigenvalue weighted by atomic mass is 32.2. The molecule has 0 spiro atoms. The number of pyridine rings is 1. The van der Waals surface area contributed by atoms with E-state index < -0.39 is 10.0 Å². The van der Waals surface area contributed by atoms with Crippen LogP contribution in [0.4, 0.5) is 5.13 Å². The number of carbonyl (C=O) groups excluding carboxylic acids is 1. The summed E-state index contributed by atoms with van der Waals surface area (Å²) in [5.41, 5.74) is 1.93. The third-order valence-corrected chi connectivity index (χ3v) is 6.08. The monoisotopic (exact) mass is 373 g/mol. The Morgan fingerprint density at radius 2 is 2.00 bits per heavy atom. The fraction of sp³-hybridized carbons (Fsp3) is 0.118. The molecule has 0 amide bonds. The highest BCUT2D eigenvalue weighted by Gasteiger charge is 2.19. The SMILES string of the molecule is CC(=O)c1cccc(S(=O)(=O)Nc2nc(C)c(-c3cccnc3)s2)c1. The van der Waals surface area contributed by atoms with E-state index >= 15 is 0 Å². The van der Waals surface area contributed by atoms with Gasteiger partial charge in [-0.2, -0.15) is 0 Å². The van der Waals surface area contributed by atoms with E-state index in [9.17, 15) is 13.2 Å². The minimum Gasteiger partial charge on any atom is -0.295 e. The molecule has 0 aliphatic rings. The van der Waals surface area contributed by atoms with Crippen molar-refractivity contribution in [3.8, 4) is 10.4 Å². The number of hydrogen-bond acceptors (Lipinski definition) is 6. The van der Waals surface area contributed by atoms with Crippen molar-refractivity contribution in [1.82, 2.24) is 9.97 Å². The maximum Gasteiger partial charge on any atom is 0.263 e. The van der Waals surface area contributed by atoms with Gasteiger partial charge < -0.3 is 0 Å². The van der Waals surface area contributed by atoms with Crippen molar-refractivity contribution >= 4 is 32.3 Å². The fourth-order valence-electron chi connectivity index (χ4n) is 2.26. The molecule has 2 heterocycles. The van der Waals surface area contributed by atoms with Crippen LogP contribution in [0.25, 0.3) is 10.4 Å². The average molecular weight is 373 g/mol. The van der Waals surface area contributed by atoms with E-state index in [0.717, 1.165) is 10.4 Å². The lowest BCUT2D eigenvalue weighted by Crippen LogP contribution is -2.13. The Morgan fingerprint density at radius 1 is 1.20 bits per heavy atom. The Balaban J connectivity index is 1.92. The van der Waals surface area contributed by atoms with Gasteiger partial charge in [0.1, 0.15) is 0 Å². The van der Waals surface area contributed by atoms with E-state index in [1.54, 1.807) is 24.5 Å². The van der Waals surface area contributed by atoms with Crippen molar-refractivity contribution in [1.29, 1.82) is 0 Å². The fourth-order valence-corrected chi connectivity index (χ4v) is 4.50. The third kappa shape index (κ3) is 3.75. The molecule has 0 saturated carbocycles. The van der Waals surface area contributed by atoms with Crippen LogP contribution in [0.5, 0.6) is 0 Å². The van der Waals surface area contributed by atoms with Crippen LogP contribution in [-0.2, 0) is 10.0 Å². The molecule has 3 aromatic rings. The molecule has 6 nitrogen and oxygen atoms in total. The molecule has 1 N–H and O–H groups in total. The van der Waals surface area contributed by atoms with Gasteiger partial charge in [0.25, 0.3) is 10.0 Å². The first-order chi connectivity index (χ1) is 11.9. The summed E-state index contributed by atoms with van der Waals surface area (Å²) >= 11 is 1.24. The van der Waals surface area contributed by atoms with Gasteiger partial charge in [-0.05, 0) is 32.0 Å². The quantitative estimate of drug-likeness (QED) is 0.691. The highest BCUT2D eigenvalue weighted by Crippen LogP contribution is 2.33. The van der Waals surface area contributed by atoms with Gasteiger partial charge in [0.15, 0.2) is 10.9 Å². The predicted molar refractivity (Wildman–Crippen MR) is 97.3 cm³/mol. The summed E-state index contributed by atoms with van der Waals surface area (Å²) in [5, 5.41) is 0.268. The topological polar surface area (TPSA) is 89.0 Å². The summed E-state index contributed by atoms with van der Waals surface area (Å²) < 4.78 is 27.6. The third-order valence-electron chi connectivity index (χ3n) is 3.49. The normalized spacial score (nSPS) is 11.3. The summed E-state index contributed by atoms with van der Waals surface area (Å²) in [6, 6.07) is 9.62. The molecule has 8 heteroatoms. The summed E-state index contributed by atoms with van der Waals surface area (Å²) in [5.74, 6) is -0.194. The molecule has 3 rings (SSSR count). The second-order valence-corrected chi connectivity index (χ2v) is 8.05. The van der Waals surface area contributed by atoms with E-state index in [1.165, 1.54) is 30.4 Å². The lowest BCUT2D eigenvalue weighted by molar-refractivity contribution is 0.101. The second-order valence-electron chi connectivity index (χ2n) is 5.36. The van der Waals surface area contributed by atoms with Gasteiger partial charge in [0, 0.05) is 23.5 Å². The molecular weight excluding hydrogens is 358 g/mol. The Labute approximate surface area is 149 Å². The number of benzene rings is 1. The molecule has 128 valence electrons. The number of rotatable bonds is 5. The molecular formula is C17H15N3O3S2. The molecule has 0 unspecified atom stereocenters. The van der Waals surface area contributed by atoms with Crippen LogP contribution < -0.4 is 4.72 Å². The van der Waals surface area contributed by atoms with E-state index in [1.807, 2.05) is 19.1 Å². The summed E-state index contributed by atoms with van der Waals surface area (Å²) in [6.45, 7) is 3.20. The highest BCUT2D eigenvalue weighted by molar-refractivity contribution is 7.93. The largest absolute Gasteiger partial charge is 0.295 e. The van der Waals surface area contributed by atoms with Crippen molar-refractivity contribution in [2.45, 2.75) is 18.7 Å². The number of hydrogen-bond donors (Lipinski definition) is 1. The molecule has 0 saturated heterocycles. The van der Waals surface area contributed by atoms with Crippen LogP contribution in [0.2, 0.25) is 0 Å². The van der Waals surface area contributed by atoms with Crippen LogP contribution in [0.3, 0.4) is 0 Å². The number of Topliss-reactive ketones (excluding diaryl/α,β-unsaturated/α-hetero) is 1. The summed E-state index contributed by atoms with van der Waals surface area (Å²) in [7, 11) is -3.82. The molecule has 0 aliphatic heterocycles. The van der Waals surface area contributed by atoms with E-state index in [0.29, 0.717) is 11.3 Å². The first-order valence-electron chi connectivity index (χ1n) is 7.38. The lowest BCUT2D eigenvalue weighted by Gasteiger charge is -2.06. The Hall–Kier alpha value is -2.58. The Morgan fingerprint density at radius 3 is 2.68 bits per heavy atom. The van der Waals surface area contributed by atoms with Crippen LogP contribution >= 0.6 is 11.3 Å². The van der Waals surface area contributed by atoms with Gasteiger partial charge in [0.05, 0.1) is 15.5 Å². The van der Waals surface area contributed by atoms with Crippen molar-refractivity contribution < 1.29 is 13.2 Å². The lowest BCUT2D eigenvalue weighted by atomic mass is 10.2. The molecule has 0 fully saturated rings. The minimum atomic E-state index is -3.82. The van der Waals surface area contributed by atoms with Crippen LogP contribution in [-0.4, -0.2) is 24.2 Å². The van der Waals surface area contributed by atoms with Crippen LogP contribution in [0.1, 0.15) is 23.0 Å². The van der Waals surface area contributed by atoms with Gasteiger partial charge in [-0.3, -0.25) is 14.5 Å². The van der Waals surface area contributed by atoms with Crippen molar-refractivity contribution in [3.05, 3.63) is 60.0 Å². The first kappa shape index (κ1) is 17.2. The number of nitrogens with zero attached hydrogens (tertiary/aromatic N) is 2. The molecule has 0 aliphatic carbocycles. The zero-order chi connectivity index (χ0) is 18.0. The van der Waals surface area contributed by atoms with E-state index in [4.69, 9.17) is 0 Å². The molecule has 0 atom stereocenters. The van der Waals surface area contributed by atoms with Crippen LogP contribution in [0, 0.1) is 6.92 Å². The van der Waals surface area contributed by atoms with Gasteiger partial charge in [-0.15, -0.1) is 0 Å². The van der Waals surface area contributed by atoms with E-state index in [2.05, 4.69) is 14.7 Å². The zero-order valence-electron chi connectivity index (χ0n) is 13.6. The second kappa shape index (κ2) is 6.73. The minimum absolute atomic E-state index is 0.0241. The van der Waals surface area contributed by atoms with Gasteiger partial charge in [-0.1, -0.05) is 29.5 Å². The molecule has 2 aromatic heterocycles. The summed E-state index contributed by atoms with van der Waals surface area (Å²) in [4.78, 5) is 20.7. The number of sulfonamides is 1. The number of ketones is 1. The molecule has 1 aromatic carbocycles. The number of thiazole rings is 1. The maximum atomic E-state index is 12.6. The predicted octanol–water partition coefficient (Wildman–Crippen LogP) is 3.52. The first-order valence-corrected chi connectivity index (χ1v) is 9.68. The molecule has 0 radical (unpaired) electrons. The average Bonchev–Trinajstić information content (AvgIpc) is 2.95. The van der Waals surface area contributed by atoms with Crippen molar-refractivity contribution in [2.24, 2.45) is 0 Å². The Kier molecular flexibility index (Phi) is 4.65. The Bertz CT molecular complexity index is 1030. The molecule has 25 heavy (non-hydrogen) atoms. The van der Waals surface area contributed by atoms with Crippen molar-refractivity contribution in [3.63, 3.8) is 0 Å². The van der Waals surface area contributed by atoms with Crippen molar-refractivity contribution in [2.75, 3.05) is 4.72 Å².